The van der Waals surface area contributed by atoms with Gasteiger partial charge in [-0.3, -0.25) is 9.59 Å². The number of hydrogen-bond donors (Lipinski definition) is 2. The summed E-state index contributed by atoms with van der Waals surface area (Å²) in [6.07, 6.45) is 2.63. The highest BCUT2D eigenvalue weighted by Crippen LogP contribution is 2.25. The molecule has 0 aliphatic heterocycles. The quantitative estimate of drug-likeness (QED) is 0.812. The molecule has 1 aliphatic carbocycles. The Morgan fingerprint density at radius 2 is 1.68 bits per heavy atom. The summed E-state index contributed by atoms with van der Waals surface area (Å²) in [4.78, 5) is 23.6. The van der Waals surface area contributed by atoms with Crippen LogP contribution >= 0.6 is 0 Å². The Morgan fingerprint density at radius 1 is 1.00 bits per heavy atom. The standard InChI is InChI=1S/C21H22F2N2O3/c1-13(26)24-18-4-2-3-14(9-18)21(27)25-17-5-7-19(8-6-17)28-20-11-15(22)10-16(23)12-20/h2-4,9-12,17,19H,5-8H2,1H3,(H,24,26)(H,25,27). The molecule has 2 aromatic rings. The third-order valence-electron chi connectivity index (χ3n) is 4.59. The van der Waals surface area contributed by atoms with E-state index in [1.54, 1.807) is 24.3 Å². The minimum atomic E-state index is -0.669. The molecule has 148 valence electrons. The van der Waals surface area contributed by atoms with Crippen molar-refractivity contribution in [1.29, 1.82) is 0 Å². The topological polar surface area (TPSA) is 67.4 Å². The molecule has 0 bridgehead atoms. The Balaban J connectivity index is 1.51. The third-order valence-corrected chi connectivity index (χ3v) is 4.59. The first kappa shape index (κ1) is 19.8. The number of carbonyl (C=O) groups excluding carboxylic acids is 2. The lowest BCUT2D eigenvalue weighted by molar-refractivity contribution is -0.114. The summed E-state index contributed by atoms with van der Waals surface area (Å²) >= 11 is 0. The molecule has 2 N–H and O–H groups in total. The summed E-state index contributed by atoms with van der Waals surface area (Å²) in [6.45, 7) is 1.41. The van der Waals surface area contributed by atoms with Crippen LogP contribution < -0.4 is 15.4 Å². The Bertz CT molecular complexity index is 844. The SMILES string of the molecule is CC(=O)Nc1cccc(C(=O)NC2CCC(Oc3cc(F)cc(F)c3)CC2)c1. The normalized spacial score (nSPS) is 19.0. The number of amides is 2. The van der Waals surface area contributed by atoms with Crippen molar-refractivity contribution in [2.45, 2.75) is 44.8 Å². The molecule has 0 radical (unpaired) electrons. The van der Waals surface area contributed by atoms with Gasteiger partial charge in [0.15, 0.2) is 0 Å². The first-order valence-electron chi connectivity index (χ1n) is 9.20. The zero-order valence-corrected chi connectivity index (χ0v) is 15.5. The number of benzene rings is 2. The number of hydrogen-bond acceptors (Lipinski definition) is 3. The van der Waals surface area contributed by atoms with Crippen LogP contribution in [0.5, 0.6) is 5.75 Å². The van der Waals surface area contributed by atoms with Gasteiger partial charge in [-0.1, -0.05) is 6.07 Å². The number of anilines is 1. The molecule has 1 fully saturated rings. The van der Waals surface area contributed by atoms with E-state index in [9.17, 15) is 18.4 Å². The zero-order chi connectivity index (χ0) is 20.1. The lowest BCUT2D eigenvalue weighted by Crippen LogP contribution is -2.39. The van der Waals surface area contributed by atoms with Gasteiger partial charge >= 0.3 is 0 Å². The molecule has 2 amide bonds. The molecular weight excluding hydrogens is 366 g/mol. The minimum Gasteiger partial charge on any atom is -0.490 e. The molecule has 0 saturated heterocycles. The fraction of sp³-hybridized carbons (Fsp3) is 0.333. The Hall–Kier alpha value is -2.96. The van der Waals surface area contributed by atoms with Crippen LogP contribution in [0.1, 0.15) is 43.0 Å². The molecule has 7 heteroatoms. The van der Waals surface area contributed by atoms with Gasteiger partial charge in [-0.2, -0.15) is 0 Å². The number of nitrogens with one attached hydrogen (secondary N) is 2. The lowest BCUT2D eigenvalue weighted by atomic mass is 9.92. The molecule has 0 atom stereocenters. The molecule has 1 aliphatic rings. The van der Waals surface area contributed by atoms with Crippen molar-refractivity contribution in [2.75, 3.05) is 5.32 Å². The summed E-state index contributed by atoms with van der Waals surface area (Å²) in [7, 11) is 0. The van der Waals surface area contributed by atoms with Gasteiger partial charge in [-0.25, -0.2) is 8.78 Å². The van der Waals surface area contributed by atoms with E-state index in [2.05, 4.69) is 10.6 Å². The molecule has 0 aromatic heterocycles. The van der Waals surface area contributed by atoms with E-state index in [0.717, 1.165) is 6.07 Å². The molecule has 5 nitrogen and oxygen atoms in total. The Labute approximate surface area is 162 Å². The average molecular weight is 388 g/mol. The van der Waals surface area contributed by atoms with Crippen LogP contribution in [-0.4, -0.2) is 24.0 Å². The predicted octanol–water partition coefficient (Wildman–Crippen LogP) is 4.04. The molecular formula is C21H22F2N2O3. The highest BCUT2D eigenvalue weighted by Gasteiger charge is 2.24. The van der Waals surface area contributed by atoms with Crippen molar-refractivity contribution < 1.29 is 23.1 Å². The monoisotopic (exact) mass is 388 g/mol. The molecule has 2 aromatic carbocycles. The number of carbonyl (C=O) groups is 2. The molecule has 0 unspecified atom stereocenters. The molecule has 28 heavy (non-hydrogen) atoms. The van der Waals surface area contributed by atoms with Crippen LogP contribution in [0.3, 0.4) is 0 Å². The maximum Gasteiger partial charge on any atom is 0.251 e. The van der Waals surface area contributed by atoms with Crippen LogP contribution in [0.2, 0.25) is 0 Å². The number of rotatable bonds is 5. The van der Waals surface area contributed by atoms with E-state index in [1.807, 2.05) is 0 Å². The van der Waals surface area contributed by atoms with Gasteiger partial charge in [0.2, 0.25) is 5.91 Å². The lowest BCUT2D eigenvalue weighted by Gasteiger charge is -2.29. The summed E-state index contributed by atoms with van der Waals surface area (Å²) < 4.78 is 32.2. The van der Waals surface area contributed by atoms with E-state index in [-0.39, 0.29) is 29.7 Å². The number of ether oxygens (including phenoxy) is 1. The van der Waals surface area contributed by atoms with E-state index in [1.165, 1.54) is 19.1 Å². The predicted molar refractivity (Wildman–Crippen MR) is 101 cm³/mol. The summed E-state index contributed by atoms with van der Waals surface area (Å²) in [5, 5.41) is 5.64. The smallest absolute Gasteiger partial charge is 0.251 e. The van der Waals surface area contributed by atoms with Gasteiger partial charge in [0.1, 0.15) is 17.4 Å². The minimum absolute atomic E-state index is 0.000943. The van der Waals surface area contributed by atoms with Crippen LogP contribution in [0.25, 0.3) is 0 Å². The first-order valence-corrected chi connectivity index (χ1v) is 9.20. The summed E-state index contributed by atoms with van der Waals surface area (Å²) in [5.74, 6) is -1.56. The van der Waals surface area contributed by atoms with Gasteiger partial charge < -0.3 is 15.4 Å². The van der Waals surface area contributed by atoms with Crippen LogP contribution in [0.15, 0.2) is 42.5 Å². The number of halogens is 2. The van der Waals surface area contributed by atoms with Gasteiger partial charge in [0.05, 0.1) is 6.10 Å². The molecule has 1 saturated carbocycles. The van der Waals surface area contributed by atoms with Gasteiger partial charge in [0, 0.05) is 42.4 Å². The average Bonchev–Trinajstić information content (AvgIpc) is 2.62. The van der Waals surface area contributed by atoms with Crippen LogP contribution in [-0.2, 0) is 4.79 Å². The molecule has 3 rings (SSSR count). The van der Waals surface area contributed by atoms with E-state index in [0.29, 0.717) is 36.9 Å². The first-order chi connectivity index (χ1) is 13.4. The van der Waals surface area contributed by atoms with Crippen LogP contribution in [0, 0.1) is 11.6 Å². The van der Waals surface area contributed by atoms with E-state index >= 15 is 0 Å². The fourth-order valence-electron chi connectivity index (χ4n) is 3.32. The van der Waals surface area contributed by atoms with Gasteiger partial charge in [0.25, 0.3) is 5.91 Å². The Kier molecular flexibility index (Phi) is 6.23. The van der Waals surface area contributed by atoms with E-state index < -0.39 is 11.6 Å². The highest BCUT2D eigenvalue weighted by atomic mass is 19.1. The molecule has 0 heterocycles. The third kappa shape index (κ3) is 5.52. The molecule has 0 spiro atoms. The van der Waals surface area contributed by atoms with Crippen molar-refractivity contribution in [1.82, 2.24) is 5.32 Å². The largest absolute Gasteiger partial charge is 0.490 e. The second kappa shape index (κ2) is 8.82. The van der Waals surface area contributed by atoms with Crippen molar-refractivity contribution in [3.05, 3.63) is 59.7 Å². The zero-order valence-electron chi connectivity index (χ0n) is 15.5. The summed E-state index contributed by atoms with van der Waals surface area (Å²) in [6, 6.07) is 9.89. The highest BCUT2D eigenvalue weighted by molar-refractivity contribution is 5.96. The van der Waals surface area contributed by atoms with Crippen molar-refractivity contribution >= 4 is 17.5 Å². The fourth-order valence-corrected chi connectivity index (χ4v) is 3.32. The van der Waals surface area contributed by atoms with Crippen molar-refractivity contribution in [2.24, 2.45) is 0 Å². The van der Waals surface area contributed by atoms with Crippen molar-refractivity contribution in [3.8, 4) is 5.75 Å². The van der Waals surface area contributed by atoms with Crippen LogP contribution in [0.4, 0.5) is 14.5 Å². The second-order valence-corrected chi connectivity index (χ2v) is 6.93. The second-order valence-electron chi connectivity index (χ2n) is 6.93. The Morgan fingerprint density at radius 3 is 2.32 bits per heavy atom. The maximum absolute atomic E-state index is 13.3. The van der Waals surface area contributed by atoms with Crippen molar-refractivity contribution in [3.63, 3.8) is 0 Å². The maximum atomic E-state index is 13.3. The summed E-state index contributed by atoms with van der Waals surface area (Å²) in [5.41, 5.74) is 1.04. The van der Waals surface area contributed by atoms with Gasteiger partial charge in [-0.05, 0) is 43.9 Å². The van der Waals surface area contributed by atoms with E-state index in [4.69, 9.17) is 4.74 Å². The van der Waals surface area contributed by atoms with Gasteiger partial charge in [-0.15, -0.1) is 0 Å².